The van der Waals surface area contributed by atoms with Gasteiger partial charge in [0.15, 0.2) is 0 Å². The third-order valence-electron chi connectivity index (χ3n) is 4.38. The van der Waals surface area contributed by atoms with Gasteiger partial charge in [-0.3, -0.25) is 9.78 Å². The number of nitrogens with one attached hydrogen (secondary N) is 1. The molecule has 4 aromatic rings. The van der Waals surface area contributed by atoms with Crippen LogP contribution in [0.25, 0.3) is 10.2 Å². The van der Waals surface area contributed by atoms with Crippen LogP contribution in [0.3, 0.4) is 0 Å². The first-order valence-electron chi connectivity index (χ1n) is 8.60. The average Bonchev–Trinajstić information content (AvgIpc) is 3.28. The van der Waals surface area contributed by atoms with E-state index >= 15 is 0 Å². The fraction of sp³-hybridized carbons (Fsp3) is 0.143. The largest absolute Gasteiger partial charge is 0.345 e. The van der Waals surface area contributed by atoms with E-state index in [0.717, 1.165) is 28.9 Å². The molecule has 0 bridgehead atoms. The van der Waals surface area contributed by atoms with E-state index in [-0.39, 0.29) is 5.91 Å². The Morgan fingerprint density at radius 2 is 1.92 bits per heavy atom. The van der Waals surface area contributed by atoms with E-state index in [1.807, 2.05) is 42.5 Å². The van der Waals surface area contributed by atoms with Crippen molar-refractivity contribution in [3.8, 4) is 0 Å². The summed E-state index contributed by atoms with van der Waals surface area (Å²) in [6.45, 7) is 1.20. The summed E-state index contributed by atoms with van der Waals surface area (Å²) < 4.78 is 3.26. The van der Waals surface area contributed by atoms with Gasteiger partial charge >= 0.3 is 0 Å². The highest BCUT2D eigenvalue weighted by molar-refractivity contribution is 7.17. The number of nitrogens with zero attached hydrogens (tertiary/aromatic N) is 2. The van der Waals surface area contributed by atoms with Gasteiger partial charge in [0, 0.05) is 12.7 Å². The van der Waals surface area contributed by atoms with E-state index < -0.39 is 0 Å². The topological polar surface area (TPSA) is 46.9 Å². The molecule has 26 heavy (non-hydrogen) atoms. The lowest BCUT2D eigenvalue weighted by Crippen LogP contribution is -2.26. The molecule has 5 heteroatoms. The fourth-order valence-electron chi connectivity index (χ4n) is 3.06. The molecule has 1 aromatic carbocycles. The Morgan fingerprint density at radius 1 is 1.08 bits per heavy atom. The molecule has 0 fully saturated rings. The maximum Gasteiger partial charge on any atom is 0.268 e. The number of pyridine rings is 1. The average molecular weight is 361 g/mol. The molecule has 4 rings (SSSR count). The zero-order valence-electron chi connectivity index (χ0n) is 14.3. The Bertz CT molecular complexity index is 1010. The number of hydrogen-bond acceptors (Lipinski definition) is 3. The number of carbonyl (C=O) groups excluding carboxylic acids is 1. The number of aryl methyl sites for hydroxylation is 2. The van der Waals surface area contributed by atoms with Crippen LogP contribution in [0.15, 0.2) is 72.2 Å². The highest BCUT2D eigenvalue weighted by Gasteiger charge is 2.16. The number of hydrogen-bond donors (Lipinski definition) is 1. The smallest absolute Gasteiger partial charge is 0.268 e. The van der Waals surface area contributed by atoms with Crippen molar-refractivity contribution in [2.24, 2.45) is 0 Å². The molecule has 0 aliphatic carbocycles. The molecule has 0 radical (unpaired) electrons. The Morgan fingerprint density at radius 3 is 2.73 bits per heavy atom. The van der Waals surface area contributed by atoms with E-state index in [2.05, 4.69) is 38.4 Å². The highest BCUT2D eigenvalue weighted by Crippen LogP contribution is 2.25. The maximum absolute atomic E-state index is 12.8. The molecule has 3 aromatic heterocycles. The minimum Gasteiger partial charge on any atom is -0.345 e. The Kier molecular flexibility index (Phi) is 4.80. The fourth-order valence-corrected chi connectivity index (χ4v) is 3.88. The lowest BCUT2D eigenvalue weighted by Gasteiger charge is -2.11. The van der Waals surface area contributed by atoms with Gasteiger partial charge < -0.3 is 9.88 Å². The van der Waals surface area contributed by atoms with E-state index in [0.29, 0.717) is 12.2 Å². The predicted octanol–water partition coefficient (Wildman–Crippen LogP) is 4.27. The Balaban J connectivity index is 1.54. The zero-order chi connectivity index (χ0) is 17.8. The van der Waals surface area contributed by atoms with Gasteiger partial charge in [0.1, 0.15) is 5.69 Å². The summed E-state index contributed by atoms with van der Waals surface area (Å²) in [6.07, 6.45) is 2.63. The molecule has 1 N–H and O–H groups in total. The summed E-state index contributed by atoms with van der Waals surface area (Å²) in [5.41, 5.74) is 3.95. The number of benzene rings is 1. The lowest BCUT2D eigenvalue weighted by molar-refractivity contribution is 0.0941. The molecule has 0 atom stereocenters. The van der Waals surface area contributed by atoms with Crippen LogP contribution >= 0.6 is 11.3 Å². The van der Waals surface area contributed by atoms with Gasteiger partial charge in [0.05, 0.1) is 22.5 Å². The second kappa shape index (κ2) is 7.54. The van der Waals surface area contributed by atoms with Gasteiger partial charge in [-0.2, -0.15) is 0 Å². The molecular formula is C21H19N3OS. The van der Waals surface area contributed by atoms with Crippen molar-refractivity contribution in [1.29, 1.82) is 0 Å². The van der Waals surface area contributed by atoms with E-state index in [9.17, 15) is 4.79 Å². The molecule has 1 amide bonds. The van der Waals surface area contributed by atoms with Gasteiger partial charge in [-0.1, -0.05) is 36.4 Å². The van der Waals surface area contributed by atoms with Crippen molar-refractivity contribution in [2.75, 3.05) is 0 Å². The van der Waals surface area contributed by atoms with Gasteiger partial charge in [-0.25, -0.2) is 0 Å². The summed E-state index contributed by atoms with van der Waals surface area (Å²) in [7, 11) is 0. The molecule has 0 aliphatic heterocycles. The van der Waals surface area contributed by atoms with Crippen LogP contribution in [0.2, 0.25) is 0 Å². The Hall–Kier alpha value is -2.92. The third kappa shape index (κ3) is 3.53. The summed E-state index contributed by atoms with van der Waals surface area (Å²) in [6, 6.07) is 20.1. The first-order valence-corrected chi connectivity index (χ1v) is 9.48. The van der Waals surface area contributed by atoms with Gasteiger partial charge in [-0.15, -0.1) is 11.3 Å². The molecule has 130 valence electrons. The summed E-state index contributed by atoms with van der Waals surface area (Å²) in [4.78, 5) is 17.0. The zero-order valence-corrected chi connectivity index (χ0v) is 15.1. The molecule has 0 aliphatic rings. The normalized spacial score (nSPS) is 10.9. The minimum atomic E-state index is -0.0629. The SMILES string of the molecule is O=C(NCc1ccccn1)c1cc2sccc2n1CCc1ccccc1. The molecule has 0 spiro atoms. The molecule has 0 saturated heterocycles. The van der Waals surface area contributed by atoms with Crippen molar-refractivity contribution >= 4 is 27.5 Å². The van der Waals surface area contributed by atoms with Crippen LogP contribution in [-0.2, 0) is 19.5 Å². The van der Waals surface area contributed by atoms with Crippen LogP contribution in [0.1, 0.15) is 21.7 Å². The Labute approximate surface area is 156 Å². The van der Waals surface area contributed by atoms with Crippen molar-refractivity contribution in [3.63, 3.8) is 0 Å². The number of carbonyl (C=O) groups is 1. The number of rotatable bonds is 6. The van der Waals surface area contributed by atoms with Crippen LogP contribution in [-0.4, -0.2) is 15.5 Å². The summed E-state index contributed by atoms with van der Waals surface area (Å²) in [5, 5.41) is 5.06. The van der Waals surface area contributed by atoms with E-state index in [1.165, 1.54) is 5.56 Å². The number of thiophene rings is 1. The quantitative estimate of drug-likeness (QED) is 0.557. The van der Waals surface area contributed by atoms with Crippen molar-refractivity contribution in [3.05, 3.63) is 89.2 Å². The van der Waals surface area contributed by atoms with Crippen molar-refractivity contribution in [2.45, 2.75) is 19.5 Å². The number of fused-ring (bicyclic) bond motifs is 1. The second-order valence-electron chi connectivity index (χ2n) is 6.09. The van der Waals surface area contributed by atoms with Crippen LogP contribution in [0.5, 0.6) is 0 Å². The van der Waals surface area contributed by atoms with Crippen LogP contribution < -0.4 is 5.32 Å². The van der Waals surface area contributed by atoms with E-state index in [4.69, 9.17) is 0 Å². The molecule has 4 nitrogen and oxygen atoms in total. The third-order valence-corrected chi connectivity index (χ3v) is 5.23. The van der Waals surface area contributed by atoms with Crippen molar-refractivity contribution in [1.82, 2.24) is 14.9 Å². The number of aromatic nitrogens is 2. The molecule has 0 unspecified atom stereocenters. The first-order chi connectivity index (χ1) is 12.8. The molecule has 3 heterocycles. The lowest BCUT2D eigenvalue weighted by atomic mass is 10.1. The van der Waals surface area contributed by atoms with Gasteiger partial charge in [0.2, 0.25) is 0 Å². The first kappa shape index (κ1) is 16.5. The monoisotopic (exact) mass is 361 g/mol. The van der Waals surface area contributed by atoms with Gasteiger partial charge in [0.25, 0.3) is 5.91 Å². The second-order valence-corrected chi connectivity index (χ2v) is 7.04. The van der Waals surface area contributed by atoms with E-state index in [1.54, 1.807) is 17.5 Å². The summed E-state index contributed by atoms with van der Waals surface area (Å²) >= 11 is 1.66. The highest BCUT2D eigenvalue weighted by atomic mass is 32.1. The van der Waals surface area contributed by atoms with Crippen LogP contribution in [0, 0.1) is 0 Å². The molecular weight excluding hydrogens is 342 g/mol. The summed E-state index contributed by atoms with van der Waals surface area (Å²) in [5.74, 6) is -0.0629. The van der Waals surface area contributed by atoms with Crippen LogP contribution in [0.4, 0.5) is 0 Å². The van der Waals surface area contributed by atoms with Crippen molar-refractivity contribution < 1.29 is 4.79 Å². The predicted molar refractivity (Wildman–Crippen MR) is 105 cm³/mol. The molecule has 0 saturated carbocycles. The number of amides is 1. The maximum atomic E-state index is 12.8. The minimum absolute atomic E-state index is 0.0629. The standard InChI is InChI=1S/C21H19N3OS/c25-21(23-15-17-8-4-5-11-22-17)19-14-20-18(10-13-26-20)24(19)12-9-16-6-2-1-3-7-16/h1-8,10-11,13-14H,9,12,15H2,(H,23,25). The van der Waals surface area contributed by atoms with Gasteiger partial charge in [-0.05, 0) is 41.6 Å².